The molecule has 1 fully saturated rings. The first-order valence-electron chi connectivity index (χ1n) is 10.8. The van der Waals surface area contributed by atoms with Gasteiger partial charge < -0.3 is 10.2 Å². The second kappa shape index (κ2) is 9.44. The highest BCUT2D eigenvalue weighted by Gasteiger charge is 2.17. The summed E-state index contributed by atoms with van der Waals surface area (Å²) in [7, 11) is -3.81. The van der Waals surface area contributed by atoms with E-state index in [0.29, 0.717) is 11.4 Å². The molecule has 0 aromatic heterocycles. The number of sulfonamides is 1. The van der Waals surface area contributed by atoms with Gasteiger partial charge in [-0.05, 0) is 86.3 Å². The van der Waals surface area contributed by atoms with Crippen LogP contribution in [0, 0.1) is 6.92 Å². The van der Waals surface area contributed by atoms with Gasteiger partial charge in [-0.2, -0.15) is 0 Å². The molecule has 0 saturated carbocycles. The van der Waals surface area contributed by atoms with Crippen molar-refractivity contribution in [3.05, 3.63) is 83.9 Å². The Morgan fingerprint density at radius 1 is 0.844 bits per heavy atom. The highest BCUT2D eigenvalue weighted by molar-refractivity contribution is 7.92. The van der Waals surface area contributed by atoms with Crippen molar-refractivity contribution in [3.8, 4) is 0 Å². The maximum Gasteiger partial charge on any atom is 0.261 e. The largest absolute Gasteiger partial charge is 0.372 e. The Bertz CT molecular complexity index is 1200. The fourth-order valence-corrected chi connectivity index (χ4v) is 4.93. The maximum atomic E-state index is 12.8. The molecule has 4 rings (SSSR count). The summed E-state index contributed by atoms with van der Waals surface area (Å²) in [6.07, 6.45) is 3.69. The maximum absolute atomic E-state index is 12.8. The zero-order valence-corrected chi connectivity index (χ0v) is 18.9. The van der Waals surface area contributed by atoms with E-state index in [1.54, 1.807) is 30.3 Å². The van der Waals surface area contributed by atoms with E-state index in [9.17, 15) is 13.2 Å². The van der Waals surface area contributed by atoms with Crippen molar-refractivity contribution in [1.29, 1.82) is 0 Å². The molecular formula is C25H27N3O3S. The number of aryl methyl sites for hydroxylation is 1. The Hall–Kier alpha value is -3.32. The van der Waals surface area contributed by atoms with Crippen molar-refractivity contribution in [2.45, 2.75) is 31.1 Å². The summed E-state index contributed by atoms with van der Waals surface area (Å²) >= 11 is 0. The Labute approximate surface area is 189 Å². The van der Waals surface area contributed by atoms with E-state index < -0.39 is 10.0 Å². The van der Waals surface area contributed by atoms with Crippen LogP contribution in [-0.4, -0.2) is 27.4 Å². The van der Waals surface area contributed by atoms with E-state index in [1.807, 2.05) is 37.3 Å². The number of nitrogens with zero attached hydrogens (tertiary/aromatic N) is 1. The molecular weight excluding hydrogens is 422 g/mol. The summed E-state index contributed by atoms with van der Waals surface area (Å²) in [6, 6.07) is 20.9. The molecule has 0 aliphatic carbocycles. The van der Waals surface area contributed by atoms with Crippen LogP contribution >= 0.6 is 0 Å². The highest BCUT2D eigenvalue weighted by atomic mass is 32.2. The minimum Gasteiger partial charge on any atom is -0.372 e. The topological polar surface area (TPSA) is 78.5 Å². The molecule has 2 N–H and O–H groups in total. The second-order valence-corrected chi connectivity index (χ2v) is 9.73. The number of rotatable bonds is 6. The van der Waals surface area contributed by atoms with Crippen molar-refractivity contribution in [2.24, 2.45) is 0 Å². The van der Waals surface area contributed by atoms with Gasteiger partial charge in [-0.3, -0.25) is 9.52 Å². The van der Waals surface area contributed by atoms with Gasteiger partial charge in [0.2, 0.25) is 0 Å². The molecule has 1 aliphatic heterocycles. The van der Waals surface area contributed by atoms with Crippen LogP contribution in [-0.2, 0) is 10.0 Å². The number of hydrogen-bond acceptors (Lipinski definition) is 4. The molecule has 32 heavy (non-hydrogen) atoms. The molecule has 0 radical (unpaired) electrons. The zero-order valence-electron chi connectivity index (χ0n) is 18.0. The number of hydrogen-bond donors (Lipinski definition) is 2. The summed E-state index contributed by atoms with van der Waals surface area (Å²) in [6.45, 7) is 4.01. The summed E-state index contributed by atoms with van der Waals surface area (Å²) in [5, 5.41) is 2.85. The summed E-state index contributed by atoms with van der Waals surface area (Å²) in [5.74, 6) is -0.358. The molecule has 6 nitrogen and oxygen atoms in total. The zero-order chi connectivity index (χ0) is 22.6. The van der Waals surface area contributed by atoms with E-state index in [0.717, 1.165) is 24.3 Å². The molecule has 166 valence electrons. The Morgan fingerprint density at radius 3 is 2.28 bits per heavy atom. The average Bonchev–Trinajstić information content (AvgIpc) is 2.80. The molecule has 3 aromatic rings. The highest BCUT2D eigenvalue weighted by Crippen LogP contribution is 2.23. The molecule has 0 bridgehead atoms. The van der Waals surface area contributed by atoms with Crippen LogP contribution in [0.3, 0.4) is 0 Å². The third-order valence-corrected chi connectivity index (χ3v) is 6.90. The number of amides is 1. The lowest BCUT2D eigenvalue weighted by molar-refractivity contribution is 0.102. The predicted octanol–water partition coefficient (Wildman–Crippen LogP) is 5.04. The molecule has 1 aliphatic rings. The van der Waals surface area contributed by atoms with Crippen LogP contribution in [0.15, 0.2) is 77.7 Å². The Balaban J connectivity index is 1.46. The average molecular weight is 450 g/mol. The number of carbonyl (C=O) groups excluding carboxylic acids is 1. The summed E-state index contributed by atoms with van der Waals surface area (Å²) < 4.78 is 28.1. The van der Waals surface area contributed by atoms with Crippen LogP contribution in [0.4, 0.5) is 17.1 Å². The minimum atomic E-state index is -3.81. The van der Waals surface area contributed by atoms with Gasteiger partial charge >= 0.3 is 0 Å². The SMILES string of the molecule is Cc1cccc(NS(=O)(=O)c2cccc(C(=O)Nc3ccc(N4CCCCC4)cc3)c2)c1. The van der Waals surface area contributed by atoms with Gasteiger partial charge in [-0.1, -0.05) is 18.2 Å². The normalized spacial score (nSPS) is 14.1. The number of benzene rings is 3. The third kappa shape index (κ3) is 5.29. The third-order valence-electron chi connectivity index (χ3n) is 5.52. The molecule has 0 unspecified atom stereocenters. The number of anilines is 3. The molecule has 7 heteroatoms. The van der Waals surface area contributed by atoms with E-state index in [2.05, 4.69) is 14.9 Å². The first-order chi connectivity index (χ1) is 15.4. The van der Waals surface area contributed by atoms with Crippen LogP contribution in [0.1, 0.15) is 35.2 Å². The van der Waals surface area contributed by atoms with Gasteiger partial charge in [0.1, 0.15) is 0 Å². The van der Waals surface area contributed by atoms with Gasteiger partial charge in [0.15, 0.2) is 0 Å². The standard InChI is InChI=1S/C25H27N3O3S/c1-19-7-5-9-22(17-19)27-32(30,31)24-10-6-8-20(18-24)25(29)26-21-11-13-23(14-12-21)28-15-3-2-4-16-28/h5-14,17-18,27H,2-4,15-16H2,1H3,(H,26,29). The minimum absolute atomic E-state index is 0.0344. The molecule has 0 spiro atoms. The van der Waals surface area contributed by atoms with Crippen molar-refractivity contribution < 1.29 is 13.2 Å². The van der Waals surface area contributed by atoms with Gasteiger partial charge in [-0.25, -0.2) is 8.42 Å². The number of carbonyl (C=O) groups is 1. The molecule has 1 heterocycles. The van der Waals surface area contributed by atoms with Crippen molar-refractivity contribution in [1.82, 2.24) is 0 Å². The van der Waals surface area contributed by atoms with E-state index >= 15 is 0 Å². The van der Waals surface area contributed by atoms with E-state index in [-0.39, 0.29) is 16.4 Å². The molecule has 0 atom stereocenters. The van der Waals surface area contributed by atoms with Crippen molar-refractivity contribution >= 4 is 33.0 Å². The Kier molecular flexibility index (Phi) is 6.46. The number of piperidine rings is 1. The van der Waals surface area contributed by atoms with Crippen molar-refractivity contribution in [3.63, 3.8) is 0 Å². The van der Waals surface area contributed by atoms with Crippen LogP contribution < -0.4 is 14.9 Å². The van der Waals surface area contributed by atoms with E-state index in [1.165, 1.54) is 31.4 Å². The smallest absolute Gasteiger partial charge is 0.261 e. The lowest BCUT2D eigenvalue weighted by Gasteiger charge is -2.28. The fraction of sp³-hybridized carbons (Fsp3) is 0.240. The first-order valence-corrected chi connectivity index (χ1v) is 12.2. The monoisotopic (exact) mass is 449 g/mol. The summed E-state index contributed by atoms with van der Waals surface area (Å²) in [5.41, 5.74) is 3.52. The van der Waals surface area contributed by atoms with E-state index in [4.69, 9.17) is 0 Å². The first kappa shape index (κ1) is 21.9. The Morgan fingerprint density at radius 2 is 1.56 bits per heavy atom. The van der Waals surface area contributed by atoms with Gasteiger partial charge in [0, 0.05) is 35.7 Å². The van der Waals surface area contributed by atoms with Gasteiger partial charge in [0.05, 0.1) is 4.90 Å². The van der Waals surface area contributed by atoms with Crippen LogP contribution in [0.25, 0.3) is 0 Å². The van der Waals surface area contributed by atoms with Gasteiger partial charge in [-0.15, -0.1) is 0 Å². The van der Waals surface area contributed by atoms with Gasteiger partial charge in [0.25, 0.3) is 15.9 Å². The molecule has 3 aromatic carbocycles. The number of nitrogens with one attached hydrogen (secondary N) is 2. The lowest BCUT2D eigenvalue weighted by atomic mass is 10.1. The second-order valence-electron chi connectivity index (χ2n) is 8.05. The quantitative estimate of drug-likeness (QED) is 0.553. The van der Waals surface area contributed by atoms with Crippen LogP contribution in [0.5, 0.6) is 0 Å². The summed E-state index contributed by atoms with van der Waals surface area (Å²) in [4.78, 5) is 15.1. The van der Waals surface area contributed by atoms with Crippen molar-refractivity contribution in [2.75, 3.05) is 28.0 Å². The van der Waals surface area contributed by atoms with Crippen LogP contribution in [0.2, 0.25) is 0 Å². The fourth-order valence-electron chi connectivity index (χ4n) is 3.84. The molecule has 1 saturated heterocycles. The molecule has 1 amide bonds. The lowest BCUT2D eigenvalue weighted by Crippen LogP contribution is -2.29. The predicted molar refractivity (Wildman–Crippen MR) is 129 cm³/mol.